The summed E-state index contributed by atoms with van der Waals surface area (Å²) in [6.07, 6.45) is 0. The highest BCUT2D eigenvalue weighted by atomic mass is 16.6. The number of hydrogen-bond donors (Lipinski definition) is 0. The van der Waals surface area contributed by atoms with E-state index in [4.69, 9.17) is 5.10 Å². The van der Waals surface area contributed by atoms with Gasteiger partial charge in [-0.2, -0.15) is 5.10 Å². The first-order valence-electron chi connectivity index (χ1n) is 9.92. The number of nitro groups is 1. The summed E-state index contributed by atoms with van der Waals surface area (Å²) in [6, 6.07) is 24.4. The average Bonchev–Trinajstić information content (AvgIpc) is 3.09. The van der Waals surface area contributed by atoms with Crippen LogP contribution in [0, 0.1) is 24.0 Å². The van der Waals surface area contributed by atoms with Crippen LogP contribution in [0.15, 0.2) is 84.9 Å². The molecule has 0 saturated carbocycles. The summed E-state index contributed by atoms with van der Waals surface area (Å²) in [6.45, 7) is 3.85. The third-order valence-electron chi connectivity index (χ3n) is 5.40. The van der Waals surface area contributed by atoms with Gasteiger partial charge in [-0.1, -0.05) is 60.7 Å². The Hall–Kier alpha value is -4.06. The molecule has 6 heteroatoms. The maximum Gasteiger partial charge on any atom is 0.269 e. The van der Waals surface area contributed by atoms with Gasteiger partial charge in [-0.15, -0.1) is 0 Å². The van der Waals surface area contributed by atoms with E-state index in [2.05, 4.69) is 0 Å². The highest BCUT2D eigenvalue weighted by Crippen LogP contribution is 2.33. The summed E-state index contributed by atoms with van der Waals surface area (Å²) in [5.74, 6) is -0.0718. The first kappa shape index (κ1) is 20.2. The van der Waals surface area contributed by atoms with Gasteiger partial charge in [0.1, 0.15) is 6.04 Å². The van der Waals surface area contributed by atoms with E-state index in [0.29, 0.717) is 5.56 Å². The second kappa shape index (κ2) is 8.36. The molecule has 0 aliphatic heterocycles. The average molecular weight is 411 g/mol. The van der Waals surface area contributed by atoms with Crippen molar-refractivity contribution in [2.24, 2.45) is 0 Å². The lowest BCUT2D eigenvalue weighted by molar-refractivity contribution is -0.384. The molecule has 4 aromatic rings. The summed E-state index contributed by atoms with van der Waals surface area (Å²) in [5.41, 5.74) is 4.70. The molecule has 1 unspecified atom stereocenters. The van der Waals surface area contributed by atoms with Gasteiger partial charge >= 0.3 is 0 Å². The Morgan fingerprint density at radius 1 is 0.903 bits per heavy atom. The Bertz CT molecular complexity index is 1230. The number of carbonyl (C=O) groups excluding carboxylic acids is 1. The molecule has 3 aromatic carbocycles. The maximum atomic E-state index is 13.6. The molecule has 0 aliphatic carbocycles. The first-order chi connectivity index (χ1) is 15.0. The zero-order valence-electron chi connectivity index (χ0n) is 17.2. The van der Waals surface area contributed by atoms with Crippen LogP contribution in [0.1, 0.15) is 33.2 Å². The van der Waals surface area contributed by atoms with Gasteiger partial charge in [-0.3, -0.25) is 14.9 Å². The smallest absolute Gasteiger partial charge is 0.269 e. The summed E-state index contributed by atoms with van der Waals surface area (Å²) in [5, 5.41) is 15.8. The van der Waals surface area contributed by atoms with E-state index < -0.39 is 11.0 Å². The van der Waals surface area contributed by atoms with Crippen LogP contribution >= 0.6 is 0 Å². The van der Waals surface area contributed by atoms with Crippen molar-refractivity contribution < 1.29 is 9.72 Å². The number of nitrogens with zero attached hydrogens (tertiary/aromatic N) is 3. The second-order valence-electron chi connectivity index (χ2n) is 7.35. The molecule has 1 aromatic heterocycles. The van der Waals surface area contributed by atoms with Crippen LogP contribution in [-0.2, 0) is 0 Å². The minimum Gasteiger partial charge on any atom is -0.291 e. The van der Waals surface area contributed by atoms with E-state index in [1.807, 2.05) is 62.4 Å². The van der Waals surface area contributed by atoms with Crippen LogP contribution < -0.4 is 0 Å². The number of Topliss-reactive ketones (excluding diaryl/α,β-unsaturated/α-hetero) is 1. The molecular formula is C25H21N3O3. The van der Waals surface area contributed by atoms with Crippen molar-refractivity contribution in [3.05, 3.63) is 117 Å². The number of nitro benzene ring substituents is 1. The van der Waals surface area contributed by atoms with Crippen molar-refractivity contribution >= 4 is 11.5 Å². The van der Waals surface area contributed by atoms with Crippen LogP contribution in [0.3, 0.4) is 0 Å². The highest BCUT2D eigenvalue weighted by molar-refractivity contribution is 6.01. The number of rotatable bonds is 6. The molecule has 31 heavy (non-hydrogen) atoms. The monoisotopic (exact) mass is 411 g/mol. The molecule has 0 saturated heterocycles. The molecule has 0 aliphatic rings. The Balaban J connectivity index is 1.91. The van der Waals surface area contributed by atoms with Gasteiger partial charge in [0, 0.05) is 23.3 Å². The van der Waals surface area contributed by atoms with Crippen LogP contribution in [0.4, 0.5) is 5.69 Å². The third kappa shape index (κ3) is 3.88. The van der Waals surface area contributed by atoms with Crippen LogP contribution in [0.5, 0.6) is 0 Å². The Kier molecular flexibility index (Phi) is 5.45. The molecule has 4 rings (SSSR count). The predicted molar refractivity (Wildman–Crippen MR) is 119 cm³/mol. The van der Waals surface area contributed by atoms with Gasteiger partial charge < -0.3 is 0 Å². The largest absolute Gasteiger partial charge is 0.291 e. The number of non-ortho nitro benzene ring substituents is 1. The van der Waals surface area contributed by atoms with E-state index in [0.717, 1.165) is 28.1 Å². The SMILES string of the molecule is Cc1nn(C(C(=O)c2ccccc2)c2ccccc2)c(-c2ccc([N+](=O)[O-])cc2)c1C. The number of aryl methyl sites for hydroxylation is 1. The molecule has 1 heterocycles. The maximum absolute atomic E-state index is 13.6. The van der Waals surface area contributed by atoms with Crippen molar-refractivity contribution in [2.75, 3.05) is 0 Å². The molecule has 0 radical (unpaired) electrons. The van der Waals surface area contributed by atoms with Crippen molar-refractivity contribution in [3.8, 4) is 11.3 Å². The molecule has 154 valence electrons. The van der Waals surface area contributed by atoms with Gasteiger partial charge in [0.15, 0.2) is 5.78 Å². The van der Waals surface area contributed by atoms with Crippen molar-refractivity contribution in [1.29, 1.82) is 0 Å². The van der Waals surface area contributed by atoms with Crippen LogP contribution in [0.25, 0.3) is 11.3 Å². The second-order valence-corrected chi connectivity index (χ2v) is 7.35. The summed E-state index contributed by atoms with van der Waals surface area (Å²) in [4.78, 5) is 24.3. The van der Waals surface area contributed by atoms with E-state index in [1.54, 1.807) is 28.9 Å². The molecule has 6 nitrogen and oxygen atoms in total. The van der Waals surface area contributed by atoms with Gasteiger partial charge in [-0.25, -0.2) is 4.68 Å². The molecule has 0 N–H and O–H groups in total. The van der Waals surface area contributed by atoms with Gasteiger partial charge in [0.25, 0.3) is 5.69 Å². The summed E-state index contributed by atoms with van der Waals surface area (Å²) < 4.78 is 1.75. The zero-order valence-corrected chi connectivity index (χ0v) is 17.2. The Labute approximate surface area is 179 Å². The van der Waals surface area contributed by atoms with E-state index in [-0.39, 0.29) is 11.5 Å². The van der Waals surface area contributed by atoms with E-state index in [9.17, 15) is 14.9 Å². The minimum atomic E-state index is -0.666. The van der Waals surface area contributed by atoms with E-state index >= 15 is 0 Å². The quantitative estimate of drug-likeness (QED) is 0.237. The fraction of sp³-hybridized carbons (Fsp3) is 0.120. The third-order valence-corrected chi connectivity index (χ3v) is 5.40. The fourth-order valence-corrected chi connectivity index (χ4v) is 3.71. The lowest BCUT2D eigenvalue weighted by atomic mass is 9.96. The van der Waals surface area contributed by atoms with Crippen LogP contribution in [0.2, 0.25) is 0 Å². The number of aromatic nitrogens is 2. The molecular weight excluding hydrogens is 390 g/mol. The predicted octanol–water partition coefficient (Wildman–Crippen LogP) is 5.55. The fourth-order valence-electron chi connectivity index (χ4n) is 3.71. The lowest BCUT2D eigenvalue weighted by Gasteiger charge is -2.20. The van der Waals surface area contributed by atoms with Crippen molar-refractivity contribution in [2.45, 2.75) is 19.9 Å². The van der Waals surface area contributed by atoms with Gasteiger partial charge in [0.2, 0.25) is 0 Å². The Morgan fingerprint density at radius 2 is 1.48 bits per heavy atom. The van der Waals surface area contributed by atoms with Crippen molar-refractivity contribution in [3.63, 3.8) is 0 Å². The van der Waals surface area contributed by atoms with Gasteiger partial charge in [0.05, 0.1) is 16.3 Å². The first-order valence-corrected chi connectivity index (χ1v) is 9.92. The number of hydrogen-bond acceptors (Lipinski definition) is 4. The number of carbonyl (C=O) groups is 1. The zero-order chi connectivity index (χ0) is 22.0. The van der Waals surface area contributed by atoms with Gasteiger partial charge in [-0.05, 0) is 37.1 Å². The molecule has 1 atom stereocenters. The van der Waals surface area contributed by atoms with Crippen LogP contribution in [-0.4, -0.2) is 20.5 Å². The standard InChI is InChI=1S/C25H21N3O3/c1-17-18(2)26-27(23(17)20-13-15-22(16-14-20)28(30)31)24(19-9-5-3-6-10-19)25(29)21-11-7-4-8-12-21/h3-16,24H,1-2H3. The molecule has 0 fully saturated rings. The number of benzene rings is 3. The van der Waals surface area contributed by atoms with Crippen molar-refractivity contribution in [1.82, 2.24) is 9.78 Å². The lowest BCUT2D eigenvalue weighted by Crippen LogP contribution is -2.23. The number of ketones is 1. The molecule has 0 spiro atoms. The summed E-state index contributed by atoms with van der Waals surface area (Å²) >= 11 is 0. The minimum absolute atomic E-state index is 0.0177. The summed E-state index contributed by atoms with van der Waals surface area (Å²) in [7, 11) is 0. The highest BCUT2D eigenvalue weighted by Gasteiger charge is 2.29. The molecule has 0 bridgehead atoms. The topological polar surface area (TPSA) is 78.0 Å². The normalized spacial score (nSPS) is 11.8. The molecule has 0 amide bonds. The van der Waals surface area contributed by atoms with E-state index in [1.165, 1.54) is 12.1 Å². The Morgan fingerprint density at radius 3 is 2.06 bits per heavy atom.